The van der Waals surface area contributed by atoms with Crippen molar-refractivity contribution in [1.82, 2.24) is 9.97 Å². The Bertz CT molecular complexity index is 365. The maximum absolute atomic E-state index is 10.7. The molecule has 76 valence electrons. The van der Waals surface area contributed by atoms with E-state index in [0.717, 1.165) is 0 Å². The summed E-state index contributed by atoms with van der Waals surface area (Å²) in [4.78, 5) is 18.2. The van der Waals surface area contributed by atoms with Crippen molar-refractivity contribution in [3.63, 3.8) is 0 Å². The van der Waals surface area contributed by atoms with Gasteiger partial charge in [0, 0.05) is 0 Å². The number of nitrogens with zero attached hydrogens (tertiary/aromatic N) is 2. The molecule has 0 aliphatic carbocycles. The summed E-state index contributed by atoms with van der Waals surface area (Å²) in [6, 6.07) is 0. The second-order valence-electron chi connectivity index (χ2n) is 2.67. The Morgan fingerprint density at radius 1 is 1.21 bits per heavy atom. The van der Waals surface area contributed by atoms with Crippen LogP contribution >= 0.6 is 0 Å². The fourth-order valence-corrected chi connectivity index (χ4v) is 1.02. The van der Waals surface area contributed by atoms with E-state index in [2.05, 4.69) is 9.97 Å². The molecular weight excluding hydrogens is 188 g/mol. The zero-order chi connectivity index (χ0) is 10.7. The average molecular weight is 198 g/mol. The average Bonchev–Trinajstić information content (AvgIpc) is 2.17. The molecule has 0 fully saturated rings. The van der Waals surface area contributed by atoms with E-state index in [1.807, 2.05) is 0 Å². The van der Waals surface area contributed by atoms with Crippen LogP contribution in [0.1, 0.15) is 27.6 Å². The van der Waals surface area contributed by atoms with Crippen LogP contribution < -0.4 is 0 Å². The van der Waals surface area contributed by atoms with Crippen molar-refractivity contribution in [3.8, 4) is 0 Å². The molecule has 6 heteroatoms. The first-order valence-electron chi connectivity index (χ1n) is 3.91. The van der Waals surface area contributed by atoms with Crippen molar-refractivity contribution in [3.05, 3.63) is 22.8 Å². The Morgan fingerprint density at radius 2 is 1.79 bits per heavy atom. The zero-order valence-electron chi connectivity index (χ0n) is 7.56. The van der Waals surface area contributed by atoms with Crippen molar-refractivity contribution >= 4 is 5.97 Å². The van der Waals surface area contributed by atoms with Gasteiger partial charge in [-0.25, -0.2) is 14.8 Å². The smallest absolute Gasteiger partial charge is 0.356 e. The Balaban J connectivity index is 3.31. The van der Waals surface area contributed by atoms with Crippen molar-refractivity contribution in [2.24, 2.45) is 0 Å². The molecule has 0 unspecified atom stereocenters. The van der Waals surface area contributed by atoms with Gasteiger partial charge in [0.25, 0.3) is 0 Å². The Kier molecular flexibility index (Phi) is 3.10. The molecule has 1 heterocycles. The van der Waals surface area contributed by atoms with Gasteiger partial charge in [-0.05, 0) is 6.92 Å². The number of carbonyl (C=O) groups is 1. The van der Waals surface area contributed by atoms with E-state index in [0.29, 0.717) is 5.69 Å². The predicted octanol–water partition coefficient (Wildman–Crippen LogP) is -0.532. The van der Waals surface area contributed by atoms with Gasteiger partial charge in [-0.1, -0.05) is 0 Å². The van der Waals surface area contributed by atoms with Gasteiger partial charge in [-0.2, -0.15) is 0 Å². The lowest BCUT2D eigenvalue weighted by molar-refractivity contribution is 0.0685. The fraction of sp³-hybridized carbons (Fsp3) is 0.375. The molecule has 0 aromatic carbocycles. The summed E-state index contributed by atoms with van der Waals surface area (Å²) >= 11 is 0. The highest BCUT2D eigenvalue weighted by molar-refractivity contribution is 5.86. The highest BCUT2D eigenvalue weighted by Crippen LogP contribution is 2.09. The van der Waals surface area contributed by atoms with Crippen molar-refractivity contribution in [1.29, 1.82) is 0 Å². The lowest BCUT2D eigenvalue weighted by Crippen LogP contribution is -2.12. The molecule has 0 bridgehead atoms. The van der Waals surface area contributed by atoms with Crippen molar-refractivity contribution in [2.75, 3.05) is 0 Å². The molecule has 0 aliphatic rings. The predicted molar refractivity (Wildman–Crippen MR) is 45.6 cm³/mol. The van der Waals surface area contributed by atoms with Gasteiger partial charge in [-0.15, -0.1) is 0 Å². The molecule has 14 heavy (non-hydrogen) atoms. The number of hydrogen-bond donors (Lipinski definition) is 3. The van der Waals surface area contributed by atoms with Crippen LogP contribution in [0, 0.1) is 6.92 Å². The summed E-state index contributed by atoms with van der Waals surface area (Å²) in [5, 5.41) is 26.4. The highest BCUT2D eigenvalue weighted by atomic mass is 16.4. The van der Waals surface area contributed by atoms with E-state index < -0.39 is 12.6 Å². The van der Waals surface area contributed by atoms with Crippen molar-refractivity contribution < 1.29 is 20.1 Å². The van der Waals surface area contributed by atoms with E-state index in [1.54, 1.807) is 6.92 Å². The standard InChI is InChI=1S/C8H10N2O4/c1-4-5(2-11)10-6(3-12)7(9-4)8(13)14/h11-12H,2-3H2,1H3,(H,13,14). The molecule has 0 spiro atoms. The van der Waals surface area contributed by atoms with Crippen molar-refractivity contribution in [2.45, 2.75) is 20.1 Å². The van der Waals surface area contributed by atoms with Gasteiger partial charge in [0.2, 0.25) is 0 Å². The quantitative estimate of drug-likeness (QED) is 0.603. The number of aliphatic hydroxyl groups is 2. The van der Waals surface area contributed by atoms with Gasteiger partial charge in [0.15, 0.2) is 5.69 Å². The number of rotatable bonds is 3. The number of aromatic nitrogens is 2. The number of aliphatic hydroxyl groups excluding tert-OH is 2. The Morgan fingerprint density at radius 3 is 2.21 bits per heavy atom. The molecular formula is C8H10N2O4. The monoisotopic (exact) mass is 198 g/mol. The molecule has 1 aromatic rings. The number of aromatic carboxylic acids is 1. The van der Waals surface area contributed by atoms with Crippen LogP contribution in [0.3, 0.4) is 0 Å². The van der Waals surface area contributed by atoms with E-state index in [-0.39, 0.29) is 23.7 Å². The molecule has 0 radical (unpaired) electrons. The van der Waals surface area contributed by atoms with Gasteiger partial charge in [0.05, 0.1) is 30.3 Å². The third-order valence-corrected chi connectivity index (χ3v) is 1.74. The van der Waals surface area contributed by atoms with E-state index in [4.69, 9.17) is 15.3 Å². The molecule has 3 N–H and O–H groups in total. The lowest BCUT2D eigenvalue weighted by atomic mass is 10.2. The van der Waals surface area contributed by atoms with Crippen LogP contribution in [0.2, 0.25) is 0 Å². The van der Waals surface area contributed by atoms with Crippen LogP contribution in [0.4, 0.5) is 0 Å². The summed E-state index contributed by atoms with van der Waals surface area (Å²) in [5.74, 6) is -1.24. The minimum atomic E-state index is -1.24. The van der Waals surface area contributed by atoms with Gasteiger partial charge < -0.3 is 15.3 Å². The zero-order valence-corrected chi connectivity index (χ0v) is 7.56. The first-order valence-corrected chi connectivity index (χ1v) is 3.91. The van der Waals surface area contributed by atoms with E-state index >= 15 is 0 Å². The second-order valence-corrected chi connectivity index (χ2v) is 2.67. The summed E-state index contributed by atoms with van der Waals surface area (Å²) < 4.78 is 0. The molecule has 0 saturated carbocycles. The summed E-state index contributed by atoms with van der Waals surface area (Å²) in [5.41, 5.74) is 0.315. The van der Waals surface area contributed by atoms with Gasteiger partial charge in [-0.3, -0.25) is 0 Å². The number of aryl methyl sites for hydroxylation is 1. The second kappa shape index (κ2) is 4.12. The lowest BCUT2D eigenvalue weighted by Gasteiger charge is -2.06. The normalized spacial score (nSPS) is 10.2. The van der Waals surface area contributed by atoms with Crippen LogP contribution in [0.15, 0.2) is 0 Å². The van der Waals surface area contributed by atoms with E-state index in [9.17, 15) is 4.79 Å². The maximum atomic E-state index is 10.7. The first-order chi connectivity index (χ1) is 6.60. The highest BCUT2D eigenvalue weighted by Gasteiger charge is 2.15. The van der Waals surface area contributed by atoms with Gasteiger partial charge in [0.1, 0.15) is 0 Å². The molecule has 6 nitrogen and oxygen atoms in total. The number of carboxylic acids is 1. The molecule has 1 aromatic heterocycles. The maximum Gasteiger partial charge on any atom is 0.356 e. The molecule has 0 amide bonds. The van der Waals surface area contributed by atoms with Crippen LogP contribution in [0.25, 0.3) is 0 Å². The van der Waals surface area contributed by atoms with E-state index in [1.165, 1.54) is 0 Å². The fourth-order valence-electron chi connectivity index (χ4n) is 1.02. The summed E-state index contributed by atoms with van der Waals surface area (Å²) in [6.07, 6.45) is 0. The minimum Gasteiger partial charge on any atom is -0.476 e. The molecule has 0 atom stereocenters. The molecule has 1 rings (SSSR count). The van der Waals surface area contributed by atoms with Crippen LogP contribution in [0.5, 0.6) is 0 Å². The first kappa shape index (κ1) is 10.6. The minimum absolute atomic E-state index is 0.0350. The largest absolute Gasteiger partial charge is 0.476 e. The summed E-state index contributed by atoms with van der Waals surface area (Å²) in [6.45, 7) is 0.708. The Hall–Kier alpha value is -1.53. The number of hydrogen-bond acceptors (Lipinski definition) is 5. The SMILES string of the molecule is Cc1nc(C(=O)O)c(CO)nc1CO. The van der Waals surface area contributed by atoms with Gasteiger partial charge >= 0.3 is 5.97 Å². The Labute approximate surface area is 79.9 Å². The van der Waals surface area contributed by atoms with Crippen LogP contribution in [-0.4, -0.2) is 31.3 Å². The molecule has 0 aliphatic heterocycles. The van der Waals surface area contributed by atoms with Crippen LogP contribution in [-0.2, 0) is 13.2 Å². The third-order valence-electron chi connectivity index (χ3n) is 1.74. The third kappa shape index (κ3) is 1.86. The summed E-state index contributed by atoms with van der Waals surface area (Å²) in [7, 11) is 0. The molecule has 0 saturated heterocycles. The topological polar surface area (TPSA) is 104 Å². The number of carboxylic acid groups (broad SMARTS) is 1.